The summed E-state index contributed by atoms with van der Waals surface area (Å²) >= 11 is 0. The summed E-state index contributed by atoms with van der Waals surface area (Å²) in [5.74, 6) is 0. The first-order valence-corrected chi connectivity index (χ1v) is 5.13. The third-order valence-corrected chi connectivity index (χ3v) is 2.31. The van der Waals surface area contributed by atoms with Crippen LogP contribution in [0, 0.1) is 0 Å². The molecule has 1 amide bonds. The van der Waals surface area contributed by atoms with Crippen LogP contribution in [0.3, 0.4) is 0 Å². The molecule has 11 heavy (non-hydrogen) atoms. The van der Waals surface area contributed by atoms with Crippen LogP contribution in [0.4, 0.5) is 4.79 Å². The lowest BCUT2D eigenvalue weighted by atomic mass is 10.9. The van der Waals surface area contributed by atoms with Crippen molar-refractivity contribution in [3.05, 3.63) is 0 Å². The number of oxime groups is 1. The van der Waals surface area contributed by atoms with Gasteiger partial charge in [-0.05, 0) is 5.16 Å². The van der Waals surface area contributed by atoms with Gasteiger partial charge in [-0.3, -0.25) is 4.84 Å². The molecule has 0 aliphatic rings. The first kappa shape index (κ1) is 10.3. The maximum atomic E-state index is 10.5. The molecule has 0 spiro atoms. The third kappa shape index (κ3) is 4.66. The van der Waals surface area contributed by atoms with E-state index in [0.29, 0.717) is 0 Å². The summed E-state index contributed by atoms with van der Waals surface area (Å²) in [6.07, 6.45) is 3.48. The van der Waals surface area contributed by atoms with Gasteiger partial charge in [0.15, 0.2) is 0 Å². The molecule has 0 aromatic rings. The van der Waals surface area contributed by atoms with Crippen LogP contribution in [-0.4, -0.2) is 30.7 Å². The number of carbonyl (C=O) groups excluding carboxylic acids is 1. The molecule has 1 N–H and O–H groups in total. The van der Waals surface area contributed by atoms with E-state index in [2.05, 4.69) is 15.3 Å². The fourth-order valence-electron chi connectivity index (χ4n) is 0.226. The van der Waals surface area contributed by atoms with E-state index < -0.39 is 6.09 Å². The Labute approximate surface area is 69.3 Å². The van der Waals surface area contributed by atoms with E-state index in [0.717, 1.165) is 5.04 Å². The maximum Gasteiger partial charge on any atom is 0.433 e. The summed E-state index contributed by atoms with van der Waals surface area (Å²) in [6, 6.07) is 0. The molecule has 0 saturated heterocycles. The van der Waals surface area contributed by atoms with Crippen LogP contribution in [0.25, 0.3) is 0 Å². The number of amides is 1. The normalized spacial score (nSPS) is 11.5. The largest absolute Gasteiger partial charge is 0.433 e. The molecular weight excluding hydrogens is 164 g/mol. The second-order valence-electron chi connectivity index (χ2n) is 2.06. The molecule has 0 aliphatic heterocycles. The van der Waals surface area contributed by atoms with Crippen molar-refractivity contribution >= 4 is 22.0 Å². The molecule has 64 valence electrons. The van der Waals surface area contributed by atoms with E-state index in [4.69, 9.17) is 0 Å². The number of hydrogen-bond donors (Lipinski definition) is 1. The third-order valence-electron chi connectivity index (χ3n) is 1.05. The average molecular weight is 177 g/mol. The Bertz CT molecular complexity index is 168. The van der Waals surface area contributed by atoms with E-state index in [-0.39, 0.29) is 10.9 Å². The molecule has 0 aromatic carbocycles. The summed E-state index contributed by atoms with van der Waals surface area (Å²) < 4.78 is 0. The van der Waals surface area contributed by atoms with Crippen molar-refractivity contribution in [1.82, 2.24) is 5.32 Å². The molecule has 0 atom stereocenters. The van der Waals surface area contributed by atoms with Gasteiger partial charge in [-0.1, -0.05) is 0 Å². The SMILES string of the molecule is CNC(=O)ON=C(C)[S+](C)C. The van der Waals surface area contributed by atoms with Gasteiger partial charge in [-0.15, -0.1) is 0 Å². The van der Waals surface area contributed by atoms with Gasteiger partial charge >= 0.3 is 6.09 Å². The topological polar surface area (TPSA) is 50.7 Å². The minimum Gasteiger partial charge on any atom is -0.323 e. The van der Waals surface area contributed by atoms with Gasteiger partial charge in [-0.25, -0.2) is 4.79 Å². The average Bonchev–Trinajstić information content (AvgIpc) is 1.99. The highest BCUT2D eigenvalue weighted by Crippen LogP contribution is 1.90. The molecule has 0 aliphatic carbocycles. The fraction of sp³-hybridized carbons (Fsp3) is 0.667. The zero-order valence-electron chi connectivity index (χ0n) is 7.17. The first-order valence-electron chi connectivity index (χ1n) is 3.09. The number of hydrogen-bond acceptors (Lipinski definition) is 3. The molecule has 5 heteroatoms. The van der Waals surface area contributed by atoms with Crippen molar-refractivity contribution in [2.45, 2.75) is 6.92 Å². The lowest BCUT2D eigenvalue weighted by Crippen LogP contribution is -2.18. The standard InChI is InChI=1S/C6H12N2O2S/c1-5(11(3)4)8-10-6(9)7-2/h1-4H3/p+1. The lowest BCUT2D eigenvalue weighted by Gasteiger charge is -1.95. The summed E-state index contributed by atoms with van der Waals surface area (Å²) in [5, 5.41) is 6.73. The predicted octanol–water partition coefficient (Wildman–Crippen LogP) is 0.554. The highest BCUT2D eigenvalue weighted by atomic mass is 32.2. The molecule has 0 saturated carbocycles. The van der Waals surface area contributed by atoms with Crippen molar-refractivity contribution in [1.29, 1.82) is 0 Å². The van der Waals surface area contributed by atoms with Crippen LogP contribution < -0.4 is 5.32 Å². The Kier molecular flexibility index (Phi) is 4.69. The van der Waals surface area contributed by atoms with Gasteiger partial charge in [0, 0.05) is 24.9 Å². The molecule has 0 heterocycles. The Morgan fingerprint density at radius 1 is 1.55 bits per heavy atom. The van der Waals surface area contributed by atoms with Gasteiger partial charge in [0.25, 0.3) is 5.04 Å². The van der Waals surface area contributed by atoms with Crippen LogP contribution in [-0.2, 0) is 15.7 Å². The summed E-state index contributed by atoms with van der Waals surface area (Å²) in [6.45, 7) is 1.83. The van der Waals surface area contributed by atoms with Gasteiger partial charge in [0.1, 0.15) is 12.5 Å². The summed E-state index contributed by atoms with van der Waals surface area (Å²) in [5.41, 5.74) is 0. The van der Waals surface area contributed by atoms with Crippen molar-refractivity contribution in [2.75, 3.05) is 19.6 Å². The smallest absolute Gasteiger partial charge is 0.323 e. The first-order chi connectivity index (χ1) is 5.07. The quantitative estimate of drug-likeness (QED) is 0.209. The van der Waals surface area contributed by atoms with Crippen molar-refractivity contribution in [3.8, 4) is 0 Å². The Balaban J connectivity index is 3.82. The van der Waals surface area contributed by atoms with Crippen LogP contribution in [0.2, 0.25) is 0 Å². The van der Waals surface area contributed by atoms with Gasteiger partial charge in [0.05, 0.1) is 0 Å². The van der Waals surface area contributed by atoms with E-state index in [9.17, 15) is 4.79 Å². The van der Waals surface area contributed by atoms with Crippen molar-refractivity contribution in [3.63, 3.8) is 0 Å². The van der Waals surface area contributed by atoms with Gasteiger partial charge < -0.3 is 5.32 Å². The molecule has 0 rings (SSSR count). The summed E-state index contributed by atoms with van der Waals surface area (Å²) in [4.78, 5) is 15.0. The summed E-state index contributed by atoms with van der Waals surface area (Å²) in [7, 11) is 1.56. The maximum absolute atomic E-state index is 10.5. The van der Waals surface area contributed by atoms with Crippen LogP contribution in [0.5, 0.6) is 0 Å². The second kappa shape index (κ2) is 5.01. The number of carbonyl (C=O) groups is 1. The van der Waals surface area contributed by atoms with Crippen molar-refractivity contribution in [2.24, 2.45) is 5.16 Å². The second-order valence-corrected chi connectivity index (χ2v) is 4.28. The zero-order valence-corrected chi connectivity index (χ0v) is 7.99. The highest BCUT2D eigenvalue weighted by Gasteiger charge is 2.09. The minimum atomic E-state index is -0.533. The highest BCUT2D eigenvalue weighted by molar-refractivity contribution is 8.09. The number of rotatable bonds is 1. The van der Waals surface area contributed by atoms with E-state index in [1.54, 1.807) is 0 Å². The van der Waals surface area contributed by atoms with E-state index in [1.807, 2.05) is 19.4 Å². The molecule has 0 fully saturated rings. The molecule has 4 nitrogen and oxygen atoms in total. The predicted molar refractivity (Wildman–Crippen MR) is 47.9 cm³/mol. The van der Waals surface area contributed by atoms with Gasteiger partial charge in [0.2, 0.25) is 0 Å². The van der Waals surface area contributed by atoms with E-state index >= 15 is 0 Å². The van der Waals surface area contributed by atoms with Gasteiger partial charge in [-0.2, -0.15) is 0 Å². The number of nitrogens with zero attached hydrogens (tertiary/aromatic N) is 1. The monoisotopic (exact) mass is 177 g/mol. The molecule has 0 aromatic heterocycles. The fourth-order valence-corrected chi connectivity index (χ4v) is 0.412. The Hall–Kier alpha value is -0.710. The Morgan fingerprint density at radius 2 is 2.09 bits per heavy atom. The van der Waals surface area contributed by atoms with Crippen molar-refractivity contribution < 1.29 is 9.63 Å². The lowest BCUT2D eigenvalue weighted by molar-refractivity contribution is 0.153. The molecule has 0 unspecified atom stereocenters. The minimum absolute atomic E-state index is 0.0663. The van der Waals surface area contributed by atoms with Crippen LogP contribution >= 0.6 is 0 Å². The molecular formula is C6H13N2O2S+. The zero-order chi connectivity index (χ0) is 8.85. The Morgan fingerprint density at radius 3 is 2.45 bits per heavy atom. The van der Waals surface area contributed by atoms with Crippen LogP contribution in [0.1, 0.15) is 6.92 Å². The van der Waals surface area contributed by atoms with Crippen LogP contribution in [0.15, 0.2) is 5.16 Å². The molecule has 0 radical (unpaired) electrons. The number of nitrogens with one attached hydrogen (secondary N) is 1. The molecule has 0 bridgehead atoms. The van der Waals surface area contributed by atoms with E-state index in [1.165, 1.54) is 7.05 Å².